The van der Waals surface area contributed by atoms with Crippen LogP contribution in [0.2, 0.25) is 0 Å². The van der Waals surface area contributed by atoms with Gasteiger partial charge in [-0.1, -0.05) is 82.9 Å². The maximum atomic E-state index is 8.11. The molecule has 0 aromatic carbocycles. The minimum Gasteiger partial charge on any atom is -0.394 e. The Morgan fingerprint density at radius 2 is 1.26 bits per heavy atom. The lowest BCUT2D eigenvalue weighted by Gasteiger charge is -2.02. The fraction of sp³-hybridized carbons (Fsp3) is 0.833. The topological polar surface area (TPSA) is 49.7 Å². The third-order valence-electron chi connectivity index (χ3n) is 4.30. The summed E-state index contributed by atoms with van der Waals surface area (Å²) in [7, 11) is 0. The van der Waals surface area contributed by atoms with Crippen LogP contribution in [0.1, 0.15) is 104 Å². The molecule has 0 fully saturated rings. The smallest absolute Gasteiger partial charge is 0.0742 e. The second kappa shape index (κ2) is 27.6. The summed E-state index contributed by atoms with van der Waals surface area (Å²) in [6, 6.07) is 0. The molecular weight excluding hydrogens is 336 g/mol. The van der Waals surface area contributed by atoms with Gasteiger partial charge in [-0.3, -0.25) is 0 Å². The van der Waals surface area contributed by atoms with Crippen molar-refractivity contribution in [2.45, 2.75) is 110 Å². The van der Waals surface area contributed by atoms with Crippen molar-refractivity contribution in [1.29, 1.82) is 0 Å². The third-order valence-corrected chi connectivity index (χ3v) is 4.30. The molecule has 0 aromatic rings. The first kappa shape index (κ1) is 28.6. The molecule has 3 nitrogen and oxygen atoms in total. The number of hydrogen-bond acceptors (Lipinski definition) is 3. The average molecular weight is 385 g/mol. The maximum Gasteiger partial charge on any atom is 0.0742 e. The molecule has 0 saturated heterocycles. The first-order valence-electron chi connectivity index (χ1n) is 11.3. The van der Waals surface area contributed by atoms with Crippen LogP contribution in [0.25, 0.3) is 0 Å². The van der Waals surface area contributed by atoms with E-state index in [4.69, 9.17) is 14.9 Å². The largest absolute Gasteiger partial charge is 0.394 e. The van der Waals surface area contributed by atoms with Gasteiger partial charge in [0.15, 0.2) is 0 Å². The zero-order valence-corrected chi connectivity index (χ0v) is 18.3. The maximum absolute atomic E-state index is 8.11. The van der Waals surface area contributed by atoms with Crippen LogP contribution in [0.3, 0.4) is 0 Å². The molecule has 0 aliphatic rings. The molecule has 0 aliphatic heterocycles. The van der Waals surface area contributed by atoms with Crippen molar-refractivity contribution in [3.05, 3.63) is 24.8 Å². The number of aliphatic hydroxyl groups is 2. The van der Waals surface area contributed by atoms with E-state index in [1.165, 1.54) is 96.8 Å². The molecule has 0 amide bonds. The molecular formula is C24H48O3. The highest BCUT2D eigenvalue weighted by atomic mass is 16.5. The van der Waals surface area contributed by atoms with Crippen molar-refractivity contribution >= 4 is 0 Å². The minimum absolute atomic E-state index is 0.139. The Bertz CT molecular complexity index is 287. The normalized spacial score (nSPS) is 12.0. The van der Waals surface area contributed by atoms with Crippen LogP contribution in [0.5, 0.6) is 0 Å². The van der Waals surface area contributed by atoms with Gasteiger partial charge in [0.1, 0.15) is 0 Å². The van der Waals surface area contributed by atoms with Gasteiger partial charge in [-0.05, 0) is 39.0 Å². The number of unbranched alkanes of at least 4 members (excludes halogenated alkanes) is 12. The third kappa shape index (κ3) is 33.4. The van der Waals surface area contributed by atoms with E-state index in [-0.39, 0.29) is 6.61 Å². The summed E-state index contributed by atoms with van der Waals surface area (Å²) in [4.78, 5) is 0. The van der Waals surface area contributed by atoms with Crippen LogP contribution < -0.4 is 0 Å². The van der Waals surface area contributed by atoms with E-state index >= 15 is 0 Å². The molecule has 1 atom stereocenters. The zero-order chi connectivity index (χ0) is 20.4. The predicted octanol–water partition coefficient (Wildman–Crippen LogP) is 6.59. The van der Waals surface area contributed by atoms with Crippen molar-refractivity contribution in [3.63, 3.8) is 0 Å². The Kier molecular flexibility index (Phi) is 29.2. The minimum atomic E-state index is -0.560. The standard InChI is InChI=1S/C21H40O.C3H8O2/c1-3-5-6-7-8-9-10-11-12-13-14-15-16-17-18-19-21-22-20-4-2;1-3(5)2-4/h4,11-12H,2-3,5-10,13-21H2,1H3;3-5H,2H2,1H3. The van der Waals surface area contributed by atoms with Crippen LogP contribution >= 0.6 is 0 Å². The molecule has 0 spiro atoms. The van der Waals surface area contributed by atoms with Gasteiger partial charge in [0.25, 0.3) is 0 Å². The van der Waals surface area contributed by atoms with Crippen LogP contribution in [0.15, 0.2) is 24.8 Å². The van der Waals surface area contributed by atoms with Gasteiger partial charge in [-0.2, -0.15) is 0 Å². The van der Waals surface area contributed by atoms with Gasteiger partial charge in [-0.15, -0.1) is 6.58 Å². The van der Waals surface area contributed by atoms with Crippen molar-refractivity contribution in [2.24, 2.45) is 0 Å². The Morgan fingerprint density at radius 3 is 1.70 bits per heavy atom. The number of ether oxygens (including phenoxy) is 1. The molecule has 0 rings (SSSR count). The van der Waals surface area contributed by atoms with E-state index in [9.17, 15) is 0 Å². The number of allylic oxidation sites excluding steroid dienone is 2. The van der Waals surface area contributed by atoms with E-state index in [1.807, 2.05) is 6.08 Å². The quantitative estimate of drug-likeness (QED) is 0.195. The molecule has 27 heavy (non-hydrogen) atoms. The molecule has 0 aromatic heterocycles. The zero-order valence-electron chi connectivity index (χ0n) is 18.3. The molecule has 0 radical (unpaired) electrons. The van der Waals surface area contributed by atoms with Gasteiger partial charge < -0.3 is 14.9 Å². The number of hydrogen-bond donors (Lipinski definition) is 2. The summed E-state index contributed by atoms with van der Waals surface area (Å²) in [5.74, 6) is 0. The fourth-order valence-electron chi connectivity index (χ4n) is 2.62. The molecule has 162 valence electrons. The lowest BCUT2D eigenvalue weighted by Crippen LogP contribution is -2.03. The summed E-state index contributed by atoms with van der Waals surface area (Å²) >= 11 is 0. The highest BCUT2D eigenvalue weighted by molar-refractivity contribution is 4.81. The van der Waals surface area contributed by atoms with E-state index in [1.54, 1.807) is 0 Å². The van der Waals surface area contributed by atoms with Crippen molar-refractivity contribution in [1.82, 2.24) is 0 Å². The summed E-state index contributed by atoms with van der Waals surface area (Å²) in [5.41, 5.74) is 0. The molecule has 0 aliphatic carbocycles. The van der Waals surface area contributed by atoms with Gasteiger partial charge in [0, 0.05) is 6.61 Å². The highest BCUT2D eigenvalue weighted by Gasteiger charge is 1.92. The molecule has 3 heteroatoms. The lowest BCUT2D eigenvalue weighted by atomic mass is 10.1. The van der Waals surface area contributed by atoms with Crippen molar-refractivity contribution < 1.29 is 14.9 Å². The summed E-state index contributed by atoms with van der Waals surface area (Å²) in [5, 5.41) is 16.0. The SMILES string of the molecule is C=CCOCCCCCCCCC=CCCCCCCCC.CC(O)CO. The van der Waals surface area contributed by atoms with Crippen molar-refractivity contribution in [2.75, 3.05) is 19.8 Å². The summed E-state index contributed by atoms with van der Waals surface area (Å²) in [6.07, 6.45) is 25.0. The lowest BCUT2D eigenvalue weighted by molar-refractivity contribution is 0.110. The molecule has 1 unspecified atom stereocenters. The summed E-state index contributed by atoms with van der Waals surface area (Å²) in [6.45, 7) is 8.91. The molecule has 0 heterocycles. The number of aliphatic hydroxyl groups excluding tert-OH is 2. The van der Waals surface area contributed by atoms with E-state index in [2.05, 4.69) is 25.7 Å². The second-order valence-electron chi connectivity index (χ2n) is 7.33. The second-order valence-corrected chi connectivity index (χ2v) is 7.33. The highest BCUT2D eigenvalue weighted by Crippen LogP contribution is 2.09. The van der Waals surface area contributed by atoms with Crippen molar-refractivity contribution in [3.8, 4) is 0 Å². The van der Waals surface area contributed by atoms with E-state index < -0.39 is 6.10 Å². The molecule has 2 N–H and O–H groups in total. The van der Waals surface area contributed by atoms with Crippen LogP contribution in [-0.2, 0) is 4.74 Å². The Balaban J connectivity index is 0. The van der Waals surface area contributed by atoms with E-state index in [0.717, 1.165) is 6.61 Å². The Labute approximate surface area is 169 Å². The molecule has 0 saturated carbocycles. The van der Waals surface area contributed by atoms with Gasteiger partial charge >= 0.3 is 0 Å². The Hall–Kier alpha value is -0.640. The number of rotatable bonds is 19. The van der Waals surface area contributed by atoms with Gasteiger partial charge in [0.2, 0.25) is 0 Å². The average Bonchev–Trinajstić information content (AvgIpc) is 2.67. The first-order chi connectivity index (χ1) is 13.2. The summed E-state index contributed by atoms with van der Waals surface area (Å²) < 4.78 is 5.37. The van der Waals surface area contributed by atoms with Crippen LogP contribution in [0.4, 0.5) is 0 Å². The van der Waals surface area contributed by atoms with Crippen LogP contribution in [-0.4, -0.2) is 36.1 Å². The van der Waals surface area contributed by atoms with Crippen LogP contribution in [0, 0.1) is 0 Å². The first-order valence-corrected chi connectivity index (χ1v) is 11.3. The van der Waals surface area contributed by atoms with E-state index in [0.29, 0.717) is 6.61 Å². The monoisotopic (exact) mass is 384 g/mol. The van der Waals surface area contributed by atoms with Gasteiger partial charge in [-0.25, -0.2) is 0 Å². The Morgan fingerprint density at radius 1 is 0.815 bits per heavy atom. The fourth-order valence-corrected chi connectivity index (χ4v) is 2.62. The predicted molar refractivity (Wildman–Crippen MR) is 119 cm³/mol. The van der Waals surface area contributed by atoms with Gasteiger partial charge in [0.05, 0.1) is 19.3 Å². The molecule has 0 bridgehead atoms.